The summed E-state index contributed by atoms with van der Waals surface area (Å²) in [6.07, 6.45) is 5.84. The Labute approximate surface area is 103 Å². The molecule has 1 saturated heterocycles. The summed E-state index contributed by atoms with van der Waals surface area (Å²) in [4.78, 5) is 17.9. The summed E-state index contributed by atoms with van der Waals surface area (Å²) in [7, 11) is 0. The molecule has 2 aliphatic rings. The maximum absolute atomic E-state index is 11.7. The minimum Gasteiger partial charge on any atom is -0.451 e. The van der Waals surface area contributed by atoms with Crippen LogP contribution in [0.15, 0.2) is 4.99 Å². The quantitative estimate of drug-likeness (QED) is 0.703. The number of hydrogen-bond donors (Lipinski definition) is 0. The van der Waals surface area contributed by atoms with E-state index in [1.165, 1.54) is 32.1 Å². The molecule has 1 amide bonds. The summed E-state index contributed by atoms with van der Waals surface area (Å²) in [6.45, 7) is 5.93. The lowest BCUT2D eigenvalue weighted by atomic mass is 10.1. The molecule has 0 saturated carbocycles. The number of rotatable bonds is 1. The lowest BCUT2D eigenvalue weighted by Gasteiger charge is -2.26. The number of amidine groups is 1. The van der Waals surface area contributed by atoms with Crippen LogP contribution < -0.4 is 0 Å². The van der Waals surface area contributed by atoms with Crippen molar-refractivity contribution in [2.45, 2.75) is 52.1 Å². The molecule has 96 valence electrons. The van der Waals surface area contributed by atoms with Gasteiger partial charge in [-0.2, -0.15) is 4.99 Å². The fourth-order valence-corrected chi connectivity index (χ4v) is 2.35. The highest BCUT2D eigenvalue weighted by atomic mass is 16.5. The van der Waals surface area contributed by atoms with Crippen molar-refractivity contribution in [1.29, 1.82) is 0 Å². The van der Waals surface area contributed by atoms with E-state index >= 15 is 0 Å². The monoisotopic (exact) mass is 238 g/mol. The number of likely N-dealkylation sites (tertiary alicyclic amines) is 1. The zero-order valence-electron chi connectivity index (χ0n) is 10.8. The lowest BCUT2D eigenvalue weighted by molar-refractivity contribution is -0.124. The third-order valence-corrected chi connectivity index (χ3v) is 3.41. The van der Waals surface area contributed by atoms with Crippen LogP contribution in [0.4, 0.5) is 0 Å². The smallest absolute Gasteiger partial charge is 0.296 e. The molecule has 1 atom stereocenters. The van der Waals surface area contributed by atoms with Crippen LogP contribution in [0.2, 0.25) is 0 Å². The first-order valence-corrected chi connectivity index (χ1v) is 6.72. The van der Waals surface area contributed by atoms with Crippen LogP contribution in [0.5, 0.6) is 0 Å². The minimum absolute atomic E-state index is 0.114. The van der Waals surface area contributed by atoms with E-state index in [4.69, 9.17) is 4.74 Å². The molecule has 2 aliphatic heterocycles. The van der Waals surface area contributed by atoms with E-state index in [0.717, 1.165) is 13.1 Å². The molecule has 2 heterocycles. The van der Waals surface area contributed by atoms with E-state index in [1.807, 2.05) is 13.8 Å². The average Bonchev–Trinajstić information content (AvgIpc) is 2.59. The fourth-order valence-electron chi connectivity index (χ4n) is 2.35. The van der Waals surface area contributed by atoms with Gasteiger partial charge in [0.1, 0.15) is 0 Å². The van der Waals surface area contributed by atoms with Crippen LogP contribution in [0.3, 0.4) is 0 Å². The van der Waals surface area contributed by atoms with E-state index in [-0.39, 0.29) is 17.9 Å². The average molecular weight is 238 g/mol. The molecule has 0 N–H and O–H groups in total. The lowest BCUT2D eigenvalue weighted by Crippen LogP contribution is -2.36. The standard InChI is InChI=1S/C13H22N2O2/c1-10(2)11-12(16)14-13(17-11)15-8-6-4-3-5-7-9-15/h10-11H,3-9H2,1-2H3. The second-order valence-corrected chi connectivity index (χ2v) is 5.27. The van der Waals surface area contributed by atoms with Crippen molar-refractivity contribution in [3.05, 3.63) is 0 Å². The summed E-state index contributed by atoms with van der Waals surface area (Å²) in [5, 5.41) is 0. The third kappa shape index (κ3) is 2.99. The molecular formula is C13H22N2O2. The van der Waals surface area contributed by atoms with Gasteiger partial charge < -0.3 is 9.64 Å². The van der Waals surface area contributed by atoms with Crippen LogP contribution in [0.25, 0.3) is 0 Å². The molecule has 0 aromatic heterocycles. The van der Waals surface area contributed by atoms with Crippen LogP contribution in [-0.2, 0) is 9.53 Å². The zero-order valence-corrected chi connectivity index (χ0v) is 10.8. The van der Waals surface area contributed by atoms with Crippen molar-refractivity contribution in [3.8, 4) is 0 Å². The maximum Gasteiger partial charge on any atom is 0.296 e. The number of carbonyl (C=O) groups is 1. The molecular weight excluding hydrogens is 216 g/mol. The number of amides is 1. The summed E-state index contributed by atoms with van der Waals surface area (Å²) < 4.78 is 5.70. The SMILES string of the molecule is CC(C)C1OC(N2CCCCCCC2)=NC1=O. The highest BCUT2D eigenvalue weighted by Crippen LogP contribution is 2.19. The predicted molar refractivity (Wildman–Crippen MR) is 66.8 cm³/mol. The Morgan fingerprint density at radius 2 is 1.76 bits per heavy atom. The largest absolute Gasteiger partial charge is 0.451 e. The summed E-state index contributed by atoms with van der Waals surface area (Å²) in [5.74, 6) is 0.0792. The van der Waals surface area contributed by atoms with Crippen LogP contribution in [0.1, 0.15) is 46.0 Å². The zero-order chi connectivity index (χ0) is 12.3. The number of ether oxygens (including phenoxy) is 1. The third-order valence-electron chi connectivity index (χ3n) is 3.41. The van der Waals surface area contributed by atoms with Crippen molar-refractivity contribution in [2.75, 3.05) is 13.1 Å². The van der Waals surface area contributed by atoms with Crippen molar-refractivity contribution in [1.82, 2.24) is 4.90 Å². The predicted octanol–water partition coefficient (Wildman–Crippen LogP) is 2.19. The first-order chi connectivity index (χ1) is 8.18. The minimum atomic E-state index is -0.365. The van der Waals surface area contributed by atoms with Gasteiger partial charge in [0.05, 0.1) is 0 Å². The van der Waals surface area contributed by atoms with Gasteiger partial charge in [-0.1, -0.05) is 33.1 Å². The molecule has 4 heteroatoms. The van der Waals surface area contributed by atoms with E-state index in [0.29, 0.717) is 6.02 Å². The molecule has 0 radical (unpaired) electrons. The molecule has 0 bridgehead atoms. The van der Waals surface area contributed by atoms with Gasteiger partial charge in [0.15, 0.2) is 6.10 Å². The van der Waals surface area contributed by atoms with Gasteiger partial charge in [-0.3, -0.25) is 4.79 Å². The molecule has 1 fully saturated rings. The maximum atomic E-state index is 11.7. The Bertz CT molecular complexity index is 305. The number of hydrogen-bond acceptors (Lipinski definition) is 3. The van der Waals surface area contributed by atoms with Gasteiger partial charge in [0, 0.05) is 13.1 Å². The van der Waals surface area contributed by atoms with Crippen molar-refractivity contribution in [3.63, 3.8) is 0 Å². The van der Waals surface area contributed by atoms with Gasteiger partial charge in [-0.05, 0) is 18.8 Å². The first kappa shape index (κ1) is 12.4. The Morgan fingerprint density at radius 1 is 1.18 bits per heavy atom. The van der Waals surface area contributed by atoms with Crippen molar-refractivity contribution >= 4 is 11.9 Å². The summed E-state index contributed by atoms with van der Waals surface area (Å²) in [6, 6.07) is 0.565. The molecule has 4 nitrogen and oxygen atoms in total. The molecule has 0 aromatic carbocycles. The molecule has 1 unspecified atom stereocenters. The molecule has 2 rings (SSSR count). The number of carbonyl (C=O) groups excluding carboxylic acids is 1. The van der Waals surface area contributed by atoms with Crippen molar-refractivity contribution in [2.24, 2.45) is 10.9 Å². The molecule has 0 aliphatic carbocycles. The Morgan fingerprint density at radius 3 is 2.29 bits per heavy atom. The molecule has 0 spiro atoms. The van der Waals surface area contributed by atoms with E-state index in [2.05, 4.69) is 9.89 Å². The Kier molecular flexibility index (Phi) is 4.02. The van der Waals surface area contributed by atoms with Gasteiger partial charge in [-0.15, -0.1) is 0 Å². The second-order valence-electron chi connectivity index (χ2n) is 5.27. The Hall–Kier alpha value is -1.06. The van der Waals surface area contributed by atoms with Crippen LogP contribution in [-0.4, -0.2) is 36.0 Å². The number of aliphatic imine (C=N–C) groups is 1. The first-order valence-electron chi connectivity index (χ1n) is 6.72. The Balaban J connectivity index is 1.97. The highest BCUT2D eigenvalue weighted by molar-refractivity contribution is 5.98. The van der Waals surface area contributed by atoms with Crippen molar-refractivity contribution < 1.29 is 9.53 Å². The van der Waals surface area contributed by atoms with E-state index in [1.54, 1.807) is 0 Å². The van der Waals surface area contributed by atoms with E-state index < -0.39 is 0 Å². The highest BCUT2D eigenvalue weighted by Gasteiger charge is 2.34. The van der Waals surface area contributed by atoms with E-state index in [9.17, 15) is 4.79 Å². The second kappa shape index (κ2) is 5.52. The summed E-state index contributed by atoms with van der Waals surface area (Å²) in [5.41, 5.74) is 0. The fraction of sp³-hybridized carbons (Fsp3) is 0.846. The van der Waals surface area contributed by atoms with Gasteiger partial charge >= 0.3 is 0 Å². The molecule has 17 heavy (non-hydrogen) atoms. The molecule has 0 aromatic rings. The van der Waals surface area contributed by atoms with Gasteiger partial charge in [0.2, 0.25) is 0 Å². The van der Waals surface area contributed by atoms with Gasteiger partial charge in [-0.25, -0.2) is 0 Å². The number of nitrogens with zero attached hydrogens (tertiary/aromatic N) is 2. The van der Waals surface area contributed by atoms with Gasteiger partial charge in [0.25, 0.3) is 11.9 Å². The summed E-state index contributed by atoms with van der Waals surface area (Å²) >= 11 is 0. The van der Waals surface area contributed by atoms with Crippen LogP contribution >= 0.6 is 0 Å². The normalized spacial score (nSPS) is 26.5. The van der Waals surface area contributed by atoms with Crippen LogP contribution in [0, 0.1) is 5.92 Å². The topological polar surface area (TPSA) is 41.9 Å².